The molecule has 6 aromatic rings. The lowest BCUT2D eigenvalue weighted by atomic mass is 9.98. The summed E-state index contributed by atoms with van der Waals surface area (Å²) in [6.45, 7) is 0. The summed E-state index contributed by atoms with van der Waals surface area (Å²) in [5.41, 5.74) is 7.75. The zero-order valence-corrected chi connectivity index (χ0v) is 23.9. The fourth-order valence-electron chi connectivity index (χ4n) is 5.11. The highest BCUT2D eigenvalue weighted by atomic mass is 32.2. The number of carboxylic acids is 1. The number of fused-ring (bicyclic) bond motifs is 3. The molecule has 0 bridgehead atoms. The lowest BCUT2D eigenvalue weighted by molar-refractivity contribution is -0.141. The van der Waals surface area contributed by atoms with Crippen LogP contribution in [0.4, 0.5) is 4.39 Å². The van der Waals surface area contributed by atoms with E-state index >= 15 is 0 Å². The number of nitrogens with one attached hydrogen (secondary N) is 1. The summed E-state index contributed by atoms with van der Waals surface area (Å²) in [5, 5.41) is 14.4. The van der Waals surface area contributed by atoms with Gasteiger partial charge in [0.2, 0.25) is 5.91 Å². The molecule has 2 N–H and O–H groups in total. The molecule has 0 fully saturated rings. The molecule has 214 valence electrons. The normalized spacial score (nSPS) is 11.9. The van der Waals surface area contributed by atoms with Crippen LogP contribution in [0.5, 0.6) is 0 Å². The minimum atomic E-state index is -1.09. The number of benzene rings is 5. The number of hydrogen-bond acceptors (Lipinski definition) is 4. The molecule has 6 rings (SSSR count). The Bertz CT molecular complexity index is 1900. The van der Waals surface area contributed by atoms with Crippen LogP contribution in [0.15, 0.2) is 120 Å². The van der Waals surface area contributed by atoms with E-state index in [2.05, 4.69) is 66.0 Å². The zero-order valence-electron chi connectivity index (χ0n) is 23.1. The first-order chi connectivity index (χ1) is 20.9. The van der Waals surface area contributed by atoms with Crippen LogP contribution in [0.3, 0.4) is 0 Å². The summed E-state index contributed by atoms with van der Waals surface area (Å²) < 4.78 is 19.3. The molecular formula is C36H28FNO4S. The summed E-state index contributed by atoms with van der Waals surface area (Å²) in [6.07, 6.45) is -0.00718. The number of rotatable bonds is 10. The van der Waals surface area contributed by atoms with Crippen molar-refractivity contribution in [3.63, 3.8) is 0 Å². The van der Waals surface area contributed by atoms with Gasteiger partial charge in [-0.2, -0.15) is 11.8 Å². The minimum absolute atomic E-state index is 0.00718. The molecule has 1 amide bonds. The van der Waals surface area contributed by atoms with Crippen molar-refractivity contribution in [3.05, 3.63) is 132 Å². The van der Waals surface area contributed by atoms with Crippen LogP contribution in [0.1, 0.15) is 11.1 Å². The molecule has 1 aromatic heterocycles. The minimum Gasteiger partial charge on any atom is -0.480 e. The molecule has 0 aliphatic heterocycles. The number of carbonyl (C=O) groups excluding carboxylic acids is 1. The monoisotopic (exact) mass is 589 g/mol. The van der Waals surface area contributed by atoms with E-state index in [1.807, 2.05) is 30.3 Å². The van der Waals surface area contributed by atoms with E-state index in [0.29, 0.717) is 11.3 Å². The molecule has 0 saturated carbocycles. The van der Waals surface area contributed by atoms with Crippen LogP contribution in [0.25, 0.3) is 44.2 Å². The van der Waals surface area contributed by atoms with Gasteiger partial charge in [0.15, 0.2) is 0 Å². The Hall–Kier alpha value is -4.88. The average molecular weight is 590 g/mol. The van der Waals surface area contributed by atoms with Gasteiger partial charge in [0.25, 0.3) is 0 Å². The van der Waals surface area contributed by atoms with Gasteiger partial charge in [-0.1, -0.05) is 97.1 Å². The lowest BCUT2D eigenvalue weighted by Crippen LogP contribution is -2.43. The third-order valence-corrected chi connectivity index (χ3v) is 8.46. The van der Waals surface area contributed by atoms with Crippen molar-refractivity contribution in [3.8, 4) is 22.3 Å². The van der Waals surface area contributed by atoms with Crippen LogP contribution in [-0.4, -0.2) is 28.8 Å². The number of halogens is 1. The van der Waals surface area contributed by atoms with Gasteiger partial charge in [-0.15, -0.1) is 0 Å². The van der Waals surface area contributed by atoms with Gasteiger partial charge in [0, 0.05) is 27.8 Å². The molecule has 7 heteroatoms. The molecule has 5 nitrogen and oxygen atoms in total. The van der Waals surface area contributed by atoms with E-state index in [1.165, 1.54) is 36.0 Å². The molecule has 0 radical (unpaired) electrons. The molecule has 1 atom stereocenters. The zero-order chi connectivity index (χ0) is 29.8. The van der Waals surface area contributed by atoms with Crippen LogP contribution >= 0.6 is 11.8 Å². The molecule has 0 aliphatic rings. The van der Waals surface area contributed by atoms with E-state index in [0.717, 1.165) is 49.8 Å². The first-order valence-electron chi connectivity index (χ1n) is 13.9. The van der Waals surface area contributed by atoms with E-state index < -0.39 is 17.9 Å². The Morgan fingerprint density at radius 1 is 0.744 bits per heavy atom. The van der Waals surface area contributed by atoms with E-state index in [9.17, 15) is 19.1 Å². The smallest absolute Gasteiger partial charge is 0.327 e. The second-order valence-corrected chi connectivity index (χ2v) is 11.4. The summed E-state index contributed by atoms with van der Waals surface area (Å²) in [7, 11) is 0. The highest BCUT2D eigenvalue weighted by molar-refractivity contribution is 7.98. The number of para-hydroxylation sites is 2. The van der Waals surface area contributed by atoms with E-state index in [4.69, 9.17) is 4.42 Å². The SMILES string of the molecule is O=C(Cc1ccc(F)cc1)N[C@@H](CSCc1ccc(-c2ccc(-c3cccc4c3oc3ccccc34)cc2)cc1)C(=O)O. The predicted molar refractivity (Wildman–Crippen MR) is 170 cm³/mol. The molecule has 0 unspecified atom stereocenters. The van der Waals surface area contributed by atoms with Gasteiger partial charge in [-0.25, -0.2) is 9.18 Å². The number of hydrogen-bond donors (Lipinski definition) is 2. The van der Waals surface area contributed by atoms with Gasteiger partial charge in [0.05, 0.1) is 6.42 Å². The third kappa shape index (κ3) is 6.47. The van der Waals surface area contributed by atoms with Crippen LogP contribution in [0, 0.1) is 5.82 Å². The largest absolute Gasteiger partial charge is 0.480 e. The van der Waals surface area contributed by atoms with Crippen LogP contribution < -0.4 is 5.32 Å². The number of thioether (sulfide) groups is 1. The van der Waals surface area contributed by atoms with Gasteiger partial charge < -0.3 is 14.8 Å². The first-order valence-corrected chi connectivity index (χ1v) is 15.0. The van der Waals surface area contributed by atoms with Crippen molar-refractivity contribution in [1.29, 1.82) is 0 Å². The highest BCUT2D eigenvalue weighted by Crippen LogP contribution is 2.36. The molecule has 0 saturated heterocycles. The summed E-state index contributed by atoms with van der Waals surface area (Å²) in [6, 6.07) is 35.5. The summed E-state index contributed by atoms with van der Waals surface area (Å²) >= 11 is 1.44. The Balaban J connectivity index is 1.06. The molecule has 0 aliphatic carbocycles. The van der Waals surface area contributed by atoms with Crippen molar-refractivity contribution in [2.45, 2.75) is 18.2 Å². The van der Waals surface area contributed by atoms with Crippen molar-refractivity contribution >= 4 is 45.6 Å². The van der Waals surface area contributed by atoms with Crippen LogP contribution in [0.2, 0.25) is 0 Å². The maximum atomic E-state index is 13.1. The van der Waals surface area contributed by atoms with Gasteiger partial charge >= 0.3 is 5.97 Å². The summed E-state index contributed by atoms with van der Waals surface area (Å²) in [5.74, 6) is -1.05. The Labute approximate surface area is 252 Å². The van der Waals surface area contributed by atoms with Gasteiger partial charge in [-0.05, 0) is 46.0 Å². The number of furan rings is 1. The quantitative estimate of drug-likeness (QED) is 0.169. The fourth-order valence-corrected chi connectivity index (χ4v) is 6.12. The Kier molecular flexibility index (Phi) is 8.24. The van der Waals surface area contributed by atoms with Gasteiger partial charge in [0.1, 0.15) is 23.0 Å². The average Bonchev–Trinajstić information content (AvgIpc) is 3.41. The van der Waals surface area contributed by atoms with Crippen molar-refractivity contribution in [2.75, 3.05) is 5.75 Å². The van der Waals surface area contributed by atoms with E-state index in [-0.39, 0.29) is 18.0 Å². The maximum Gasteiger partial charge on any atom is 0.327 e. The first kappa shape index (κ1) is 28.2. The maximum absolute atomic E-state index is 13.1. The Morgan fingerprint density at radius 3 is 2.09 bits per heavy atom. The standard InChI is InChI=1S/C36H28FNO4S/c37-28-18-10-23(11-19-28)20-34(39)38-32(36(40)41)22-43-21-24-8-12-25(13-9-24)26-14-16-27(17-15-26)29-5-3-6-31-30-4-1-2-7-33(30)42-35(29)31/h1-19,32H,20-22H2,(H,38,39)(H,40,41)/t32-/m0/s1. The highest BCUT2D eigenvalue weighted by Gasteiger charge is 2.20. The number of aliphatic carboxylic acids is 1. The van der Waals surface area contributed by atoms with E-state index in [1.54, 1.807) is 0 Å². The Morgan fingerprint density at radius 2 is 1.37 bits per heavy atom. The second-order valence-electron chi connectivity index (χ2n) is 10.3. The number of carboxylic acid groups (broad SMARTS) is 1. The number of amides is 1. The van der Waals surface area contributed by atoms with Gasteiger partial charge in [-0.3, -0.25) is 4.79 Å². The molecule has 0 spiro atoms. The number of carbonyl (C=O) groups is 2. The fraction of sp³-hybridized carbons (Fsp3) is 0.111. The summed E-state index contributed by atoms with van der Waals surface area (Å²) in [4.78, 5) is 24.0. The molecular weight excluding hydrogens is 561 g/mol. The molecule has 5 aromatic carbocycles. The van der Waals surface area contributed by atoms with Crippen molar-refractivity contribution in [2.24, 2.45) is 0 Å². The predicted octanol–water partition coefficient (Wildman–Crippen LogP) is 8.10. The third-order valence-electron chi connectivity index (χ3n) is 7.35. The lowest BCUT2D eigenvalue weighted by Gasteiger charge is -2.14. The van der Waals surface area contributed by atoms with Crippen molar-refractivity contribution < 1.29 is 23.5 Å². The second kappa shape index (κ2) is 12.5. The van der Waals surface area contributed by atoms with Crippen LogP contribution in [-0.2, 0) is 21.8 Å². The molecule has 43 heavy (non-hydrogen) atoms. The molecule has 1 heterocycles. The topological polar surface area (TPSA) is 79.5 Å². The van der Waals surface area contributed by atoms with Crippen molar-refractivity contribution in [1.82, 2.24) is 5.32 Å².